The van der Waals surface area contributed by atoms with E-state index in [0.717, 1.165) is 33.6 Å². The quantitative estimate of drug-likeness (QED) is 0.142. The molecule has 2 heterocycles. The Morgan fingerprint density at radius 2 is 1.63 bits per heavy atom. The number of carbonyl (C=O) groups excluding carboxylic acids is 2. The first-order chi connectivity index (χ1) is 20.8. The molecule has 4 aromatic rings. The van der Waals surface area contributed by atoms with Gasteiger partial charge in [-0.05, 0) is 47.9 Å². The number of nitrogens with one attached hydrogen (secondary N) is 3. The number of carboxylic acids is 1. The van der Waals surface area contributed by atoms with Crippen LogP contribution in [0.2, 0.25) is 0 Å². The second kappa shape index (κ2) is 11.3. The summed E-state index contributed by atoms with van der Waals surface area (Å²) < 4.78 is 4.86. The number of anilines is 3. The minimum Gasteiger partial charge on any atom is -0.478 e. The summed E-state index contributed by atoms with van der Waals surface area (Å²) in [4.78, 5) is 35.6. The SMILES string of the molecule is COC(=O)c1ccc(NC(C)=O)c(N2C=C(c3ccc(C4=CN(c5cccc6c(C(=O)O)cccc56)N[NH2+]4)cc3)N[NH2+]2)c1. The number of benzene rings is 4. The fourth-order valence-electron chi connectivity index (χ4n) is 5.12. The first-order valence-electron chi connectivity index (χ1n) is 13.4. The van der Waals surface area contributed by atoms with Crippen molar-refractivity contribution in [3.8, 4) is 0 Å². The molecule has 216 valence electrons. The molecule has 0 bridgehead atoms. The van der Waals surface area contributed by atoms with Gasteiger partial charge in [0.1, 0.15) is 11.4 Å². The van der Waals surface area contributed by atoms with Crippen molar-refractivity contribution >= 4 is 57.1 Å². The molecule has 0 radical (unpaired) electrons. The van der Waals surface area contributed by atoms with Crippen molar-refractivity contribution in [3.63, 3.8) is 0 Å². The minimum absolute atomic E-state index is 0.226. The van der Waals surface area contributed by atoms with Crippen LogP contribution in [0.4, 0.5) is 17.1 Å². The molecule has 0 aliphatic carbocycles. The first-order valence-corrected chi connectivity index (χ1v) is 13.4. The average Bonchev–Trinajstić information content (AvgIpc) is 3.71. The number of carboxylic acid groups (broad SMARTS) is 1. The zero-order valence-corrected chi connectivity index (χ0v) is 23.3. The fourth-order valence-corrected chi connectivity index (χ4v) is 5.12. The van der Waals surface area contributed by atoms with E-state index in [1.807, 2.05) is 71.4 Å². The van der Waals surface area contributed by atoms with E-state index in [1.165, 1.54) is 14.0 Å². The Bertz CT molecular complexity index is 1830. The van der Waals surface area contributed by atoms with Gasteiger partial charge in [-0.25, -0.2) is 25.4 Å². The van der Waals surface area contributed by atoms with Gasteiger partial charge in [0, 0.05) is 23.4 Å². The van der Waals surface area contributed by atoms with Gasteiger partial charge >= 0.3 is 11.9 Å². The van der Waals surface area contributed by atoms with Gasteiger partial charge < -0.3 is 15.2 Å². The van der Waals surface area contributed by atoms with Gasteiger partial charge in [-0.15, -0.1) is 5.53 Å². The highest BCUT2D eigenvalue weighted by atomic mass is 16.5. The number of ether oxygens (including phenoxy) is 1. The molecule has 12 heteroatoms. The largest absolute Gasteiger partial charge is 0.478 e. The average molecular weight is 580 g/mol. The molecule has 0 saturated carbocycles. The summed E-state index contributed by atoms with van der Waals surface area (Å²) in [6.07, 6.45) is 3.85. The van der Waals surface area contributed by atoms with Crippen LogP contribution in [0.15, 0.2) is 91.3 Å². The molecule has 2 aliphatic rings. The Kier molecular flexibility index (Phi) is 7.22. The van der Waals surface area contributed by atoms with Crippen molar-refractivity contribution in [2.75, 3.05) is 22.4 Å². The molecule has 0 spiro atoms. The van der Waals surface area contributed by atoms with Crippen molar-refractivity contribution in [1.82, 2.24) is 11.0 Å². The van der Waals surface area contributed by atoms with E-state index in [1.54, 1.807) is 40.9 Å². The van der Waals surface area contributed by atoms with Crippen LogP contribution in [0.1, 0.15) is 38.8 Å². The molecule has 8 N–H and O–H groups in total. The summed E-state index contributed by atoms with van der Waals surface area (Å²) in [5.74, 6) is -1.66. The van der Waals surface area contributed by atoms with Gasteiger partial charge in [-0.1, -0.05) is 41.9 Å². The van der Waals surface area contributed by atoms with Crippen LogP contribution in [0.3, 0.4) is 0 Å². The van der Waals surface area contributed by atoms with E-state index in [2.05, 4.69) is 16.3 Å². The number of carbonyl (C=O) groups is 3. The lowest BCUT2D eigenvalue weighted by molar-refractivity contribution is -0.696. The Hall–Kier alpha value is -5.69. The predicted molar refractivity (Wildman–Crippen MR) is 160 cm³/mol. The molecule has 1 amide bonds. The number of rotatable bonds is 7. The molecule has 4 aromatic carbocycles. The monoisotopic (exact) mass is 579 g/mol. The molecular weight excluding hydrogens is 550 g/mol. The Balaban J connectivity index is 1.24. The molecule has 0 fully saturated rings. The highest BCUT2D eigenvalue weighted by Crippen LogP contribution is 2.31. The molecule has 0 aromatic heterocycles. The Morgan fingerprint density at radius 3 is 2.37 bits per heavy atom. The molecule has 43 heavy (non-hydrogen) atoms. The van der Waals surface area contributed by atoms with E-state index >= 15 is 0 Å². The number of nitrogens with zero attached hydrogens (tertiary/aromatic N) is 2. The topological polar surface area (TPSA) is 156 Å². The molecule has 6 rings (SSSR count). The third-order valence-electron chi connectivity index (χ3n) is 7.18. The van der Waals surface area contributed by atoms with Crippen LogP contribution in [-0.4, -0.2) is 30.1 Å². The third-order valence-corrected chi connectivity index (χ3v) is 7.18. The van der Waals surface area contributed by atoms with E-state index in [0.29, 0.717) is 22.3 Å². The third kappa shape index (κ3) is 5.36. The molecule has 0 unspecified atom stereocenters. The number of hydrogen-bond acceptors (Lipinski definition) is 8. The highest BCUT2D eigenvalue weighted by Gasteiger charge is 2.25. The van der Waals surface area contributed by atoms with E-state index < -0.39 is 11.9 Å². The van der Waals surface area contributed by atoms with Crippen molar-refractivity contribution in [1.29, 1.82) is 0 Å². The summed E-state index contributed by atoms with van der Waals surface area (Å²) >= 11 is 0. The van der Waals surface area contributed by atoms with E-state index in [-0.39, 0.29) is 11.5 Å². The standard InChI is InChI=1S/C31H27N7O5/c1-18(39)32-25-14-13-21(31(42)43-2)15-29(25)38-17-27(34-36-38)20-11-9-19(10-12-20)26-16-37(35-33-26)28-8-4-5-22-23(28)6-3-7-24(22)30(40)41/h3-17,33-36H,1-2H3,(H,32,39)(H,40,41)/p+2. The van der Waals surface area contributed by atoms with Crippen LogP contribution in [0.25, 0.3) is 22.2 Å². The number of methoxy groups -OCH3 is 1. The van der Waals surface area contributed by atoms with Gasteiger partial charge in [0.25, 0.3) is 0 Å². The zero-order chi connectivity index (χ0) is 30.1. The van der Waals surface area contributed by atoms with Crippen molar-refractivity contribution in [2.24, 2.45) is 0 Å². The summed E-state index contributed by atoms with van der Waals surface area (Å²) in [5, 5.41) is 17.6. The Labute approximate surface area is 246 Å². The molecule has 2 aliphatic heterocycles. The number of aromatic carboxylic acids is 1. The summed E-state index contributed by atoms with van der Waals surface area (Å²) in [5.41, 5.74) is 16.5. The van der Waals surface area contributed by atoms with Gasteiger partial charge in [-0.2, -0.15) is 5.01 Å². The number of hydrazine groups is 1. The van der Waals surface area contributed by atoms with Crippen molar-refractivity contribution in [2.45, 2.75) is 6.92 Å². The number of nitrogens with two attached hydrogens (primary N) is 2. The van der Waals surface area contributed by atoms with Crippen molar-refractivity contribution in [3.05, 3.63) is 114 Å². The van der Waals surface area contributed by atoms with Crippen LogP contribution < -0.4 is 37.3 Å². The van der Waals surface area contributed by atoms with Gasteiger partial charge in [-0.3, -0.25) is 4.79 Å². The maximum Gasteiger partial charge on any atom is 0.337 e. The number of hydrogen-bond donors (Lipinski definition) is 6. The normalized spacial score (nSPS) is 14.3. The number of quaternary nitrogens is 2. The highest BCUT2D eigenvalue weighted by molar-refractivity contribution is 6.07. The van der Waals surface area contributed by atoms with Crippen LogP contribution in [-0.2, 0) is 9.53 Å². The van der Waals surface area contributed by atoms with E-state index in [9.17, 15) is 19.5 Å². The molecule has 0 saturated heterocycles. The first kappa shape index (κ1) is 27.5. The van der Waals surface area contributed by atoms with E-state index in [4.69, 9.17) is 4.74 Å². The van der Waals surface area contributed by atoms with Crippen LogP contribution in [0.5, 0.6) is 0 Å². The number of esters is 1. The molecular formula is C31H29N7O5+2. The second-order valence-electron chi connectivity index (χ2n) is 9.92. The lowest BCUT2D eigenvalue weighted by Crippen LogP contribution is -2.97. The predicted octanol–water partition coefficient (Wildman–Crippen LogP) is 1.89. The maximum atomic E-state index is 12.1. The lowest BCUT2D eigenvalue weighted by atomic mass is 10.0. The number of amides is 1. The molecule has 0 atom stereocenters. The second-order valence-corrected chi connectivity index (χ2v) is 9.92. The summed E-state index contributed by atoms with van der Waals surface area (Å²) in [6.45, 7) is 1.43. The van der Waals surface area contributed by atoms with Crippen LogP contribution in [0, 0.1) is 0 Å². The van der Waals surface area contributed by atoms with Crippen LogP contribution >= 0.6 is 0 Å². The summed E-state index contributed by atoms with van der Waals surface area (Å²) in [6, 6.07) is 23.8. The zero-order valence-electron chi connectivity index (χ0n) is 23.3. The smallest absolute Gasteiger partial charge is 0.337 e. The lowest BCUT2D eigenvalue weighted by Gasteiger charge is -2.16. The Morgan fingerprint density at radius 1 is 0.884 bits per heavy atom. The van der Waals surface area contributed by atoms with Crippen molar-refractivity contribution < 1.29 is 35.2 Å². The molecule has 12 nitrogen and oxygen atoms in total. The van der Waals surface area contributed by atoms with Gasteiger partial charge in [0.05, 0.1) is 42.0 Å². The van der Waals surface area contributed by atoms with Gasteiger partial charge in [0.15, 0.2) is 5.70 Å². The number of fused-ring (bicyclic) bond motifs is 1. The maximum absolute atomic E-state index is 12.1. The van der Waals surface area contributed by atoms with Gasteiger partial charge in [0.2, 0.25) is 5.91 Å². The summed E-state index contributed by atoms with van der Waals surface area (Å²) in [7, 11) is 1.32. The minimum atomic E-state index is -0.963. The fraction of sp³-hybridized carbons (Fsp3) is 0.0645.